The third kappa shape index (κ3) is 5.65. The summed E-state index contributed by atoms with van der Waals surface area (Å²) in [5.41, 5.74) is 1.39. The van der Waals surface area contributed by atoms with Crippen molar-refractivity contribution in [1.82, 2.24) is 5.32 Å². The fourth-order valence-corrected chi connectivity index (χ4v) is 2.48. The van der Waals surface area contributed by atoms with E-state index in [1.165, 1.54) is 24.8 Å². The van der Waals surface area contributed by atoms with Crippen LogP contribution >= 0.6 is 0 Å². The van der Waals surface area contributed by atoms with Crippen LogP contribution in [0.5, 0.6) is 5.75 Å². The smallest absolute Gasteiger partial charge is 0.118 e. The molecule has 0 saturated carbocycles. The van der Waals surface area contributed by atoms with Crippen molar-refractivity contribution in [3.8, 4) is 5.75 Å². The fourth-order valence-electron chi connectivity index (χ4n) is 2.48. The van der Waals surface area contributed by atoms with Gasteiger partial charge in [0.1, 0.15) is 5.75 Å². The van der Waals surface area contributed by atoms with Gasteiger partial charge in [0, 0.05) is 6.04 Å². The molecule has 0 bridgehead atoms. The molecule has 0 radical (unpaired) electrons. The van der Waals surface area contributed by atoms with Gasteiger partial charge < -0.3 is 10.1 Å². The largest absolute Gasteiger partial charge is 0.497 e. The van der Waals surface area contributed by atoms with Crippen LogP contribution in [-0.4, -0.2) is 19.7 Å². The molecular weight excluding hydrogens is 234 g/mol. The number of hydrogen-bond acceptors (Lipinski definition) is 2. The van der Waals surface area contributed by atoms with Crippen molar-refractivity contribution in [2.45, 2.75) is 52.5 Å². The van der Waals surface area contributed by atoms with E-state index in [4.69, 9.17) is 4.74 Å². The normalized spacial score (nSPS) is 14.1. The van der Waals surface area contributed by atoms with Crippen LogP contribution in [0.2, 0.25) is 0 Å². The number of benzene rings is 1. The highest BCUT2D eigenvalue weighted by Gasteiger charge is 2.16. The maximum Gasteiger partial charge on any atom is 0.118 e. The summed E-state index contributed by atoms with van der Waals surface area (Å²) in [6.45, 7) is 7.96. The van der Waals surface area contributed by atoms with Crippen LogP contribution in [0.3, 0.4) is 0 Å². The van der Waals surface area contributed by atoms with Crippen LogP contribution in [0.15, 0.2) is 24.3 Å². The van der Waals surface area contributed by atoms with Gasteiger partial charge in [-0.1, -0.05) is 39.3 Å². The maximum atomic E-state index is 5.21. The van der Waals surface area contributed by atoms with Gasteiger partial charge in [-0.25, -0.2) is 0 Å². The summed E-state index contributed by atoms with van der Waals surface area (Å²) >= 11 is 0. The van der Waals surface area contributed by atoms with Gasteiger partial charge in [0.05, 0.1) is 7.11 Å². The van der Waals surface area contributed by atoms with E-state index in [9.17, 15) is 0 Å². The molecule has 0 fully saturated rings. The second-order valence-electron chi connectivity index (χ2n) is 5.38. The Balaban J connectivity index is 2.63. The lowest BCUT2D eigenvalue weighted by Gasteiger charge is -2.25. The van der Waals surface area contributed by atoms with E-state index in [0.717, 1.165) is 24.6 Å². The SMILES string of the molecule is CCCNC(Cc1ccc(OC)cc1)C(C)CCC. The van der Waals surface area contributed by atoms with Crippen molar-refractivity contribution < 1.29 is 4.74 Å². The Labute approximate surface area is 118 Å². The minimum Gasteiger partial charge on any atom is -0.497 e. The average molecular weight is 263 g/mol. The zero-order valence-corrected chi connectivity index (χ0v) is 12.9. The van der Waals surface area contributed by atoms with Gasteiger partial charge in [-0.3, -0.25) is 0 Å². The summed E-state index contributed by atoms with van der Waals surface area (Å²) in [5.74, 6) is 1.65. The lowest BCUT2D eigenvalue weighted by molar-refractivity contribution is 0.352. The monoisotopic (exact) mass is 263 g/mol. The molecule has 0 amide bonds. The van der Waals surface area contributed by atoms with Gasteiger partial charge >= 0.3 is 0 Å². The summed E-state index contributed by atoms with van der Waals surface area (Å²) < 4.78 is 5.21. The summed E-state index contributed by atoms with van der Waals surface area (Å²) in [4.78, 5) is 0. The Hall–Kier alpha value is -1.02. The molecule has 0 saturated heterocycles. The van der Waals surface area contributed by atoms with Crippen LogP contribution in [0.1, 0.15) is 45.6 Å². The van der Waals surface area contributed by atoms with Crippen LogP contribution in [-0.2, 0) is 6.42 Å². The molecule has 2 nitrogen and oxygen atoms in total. The number of hydrogen-bond donors (Lipinski definition) is 1. The van der Waals surface area contributed by atoms with Gasteiger partial charge in [0.25, 0.3) is 0 Å². The van der Waals surface area contributed by atoms with Crippen molar-refractivity contribution >= 4 is 0 Å². The molecule has 1 N–H and O–H groups in total. The first-order valence-electron chi connectivity index (χ1n) is 7.57. The van der Waals surface area contributed by atoms with Crippen molar-refractivity contribution in [2.24, 2.45) is 5.92 Å². The zero-order chi connectivity index (χ0) is 14.1. The molecule has 1 rings (SSSR count). The molecule has 0 aromatic heterocycles. The number of nitrogens with one attached hydrogen (secondary N) is 1. The van der Waals surface area contributed by atoms with E-state index in [-0.39, 0.29) is 0 Å². The van der Waals surface area contributed by atoms with Crippen LogP contribution in [0.4, 0.5) is 0 Å². The van der Waals surface area contributed by atoms with Crippen molar-refractivity contribution in [3.05, 3.63) is 29.8 Å². The second kappa shape index (κ2) is 8.98. The van der Waals surface area contributed by atoms with Gasteiger partial charge in [-0.05, 0) is 49.4 Å². The zero-order valence-electron chi connectivity index (χ0n) is 12.9. The summed E-state index contributed by atoms with van der Waals surface area (Å²) in [6.07, 6.45) is 4.84. The number of methoxy groups -OCH3 is 1. The number of rotatable bonds is 9. The molecule has 2 heteroatoms. The van der Waals surface area contributed by atoms with Crippen molar-refractivity contribution in [2.75, 3.05) is 13.7 Å². The minimum atomic E-state index is 0.577. The molecule has 0 heterocycles. The molecule has 0 aliphatic rings. The van der Waals surface area contributed by atoms with Gasteiger partial charge in [0.2, 0.25) is 0 Å². The predicted octanol–water partition coefficient (Wildman–Crippen LogP) is 4.04. The molecule has 0 aliphatic carbocycles. The number of ether oxygens (including phenoxy) is 1. The highest BCUT2D eigenvalue weighted by molar-refractivity contribution is 5.27. The van der Waals surface area contributed by atoms with Crippen molar-refractivity contribution in [1.29, 1.82) is 0 Å². The Morgan fingerprint density at radius 1 is 1.11 bits per heavy atom. The molecule has 1 aromatic carbocycles. The van der Waals surface area contributed by atoms with Crippen LogP contribution in [0, 0.1) is 5.92 Å². The summed E-state index contributed by atoms with van der Waals surface area (Å²) in [6, 6.07) is 9.04. The highest BCUT2D eigenvalue weighted by Crippen LogP contribution is 2.18. The van der Waals surface area contributed by atoms with Gasteiger partial charge in [-0.2, -0.15) is 0 Å². The first-order chi connectivity index (χ1) is 9.21. The van der Waals surface area contributed by atoms with Gasteiger partial charge in [-0.15, -0.1) is 0 Å². The third-order valence-electron chi connectivity index (χ3n) is 3.70. The lowest BCUT2D eigenvalue weighted by atomic mass is 9.91. The first kappa shape index (κ1) is 16.0. The molecule has 0 spiro atoms. The summed E-state index contributed by atoms with van der Waals surface area (Å²) in [7, 11) is 1.71. The fraction of sp³-hybridized carbons (Fsp3) is 0.647. The molecule has 1 aromatic rings. The maximum absolute atomic E-state index is 5.21. The van der Waals surface area contributed by atoms with E-state index in [1.807, 2.05) is 0 Å². The highest BCUT2D eigenvalue weighted by atomic mass is 16.5. The standard InChI is InChI=1S/C17H29NO/c1-5-7-14(3)17(18-12-6-2)13-15-8-10-16(19-4)11-9-15/h8-11,14,17-18H,5-7,12-13H2,1-4H3. The van der Waals surface area contributed by atoms with E-state index < -0.39 is 0 Å². The molecular formula is C17H29NO. The predicted molar refractivity (Wildman–Crippen MR) is 82.9 cm³/mol. The van der Waals surface area contributed by atoms with E-state index in [1.54, 1.807) is 7.11 Å². The second-order valence-corrected chi connectivity index (χ2v) is 5.38. The molecule has 2 unspecified atom stereocenters. The van der Waals surface area contributed by atoms with Crippen molar-refractivity contribution in [3.63, 3.8) is 0 Å². The average Bonchev–Trinajstić information content (AvgIpc) is 2.44. The Morgan fingerprint density at radius 3 is 2.32 bits per heavy atom. The Kier molecular flexibility index (Phi) is 7.57. The van der Waals surface area contributed by atoms with Crippen LogP contribution < -0.4 is 10.1 Å². The molecule has 0 aliphatic heterocycles. The minimum absolute atomic E-state index is 0.577. The topological polar surface area (TPSA) is 21.3 Å². The van der Waals surface area contributed by atoms with E-state index in [2.05, 4.69) is 50.4 Å². The Bertz CT molecular complexity index is 334. The first-order valence-corrected chi connectivity index (χ1v) is 7.57. The van der Waals surface area contributed by atoms with E-state index in [0.29, 0.717) is 6.04 Å². The molecule has 19 heavy (non-hydrogen) atoms. The van der Waals surface area contributed by atoms with Gasteiger partial charge in [0.15, 0.2) is 0 Å². The quantitative estimate of drug-likeness (QED) is 0.726. The Morgan fingerprint density at radius 2 is 1.79 bits per heavy atom. The van der Waals surface area contributed by atoms with E-state index >= 15 is 0 Å². The lowest BCUT2D eigenvalue weighted by Crippen LogP contribution is -2.37. The molecule has 108 valence electrons. The molecule has 2 atom stereocenters. The third-order valence-corrected chi connectivity index (χ3v) is 3.70. The van der Waals surface area contributed by atoms with Crippen LogP contribution in [0.25, 0.3) is 0 Å². The summed E-state index contributed by atoms with van der Waals surface area (Å²) in [5, 5.41) is 3.70.